The van der Waals surface area contributed by atoms with E-state index in [1.165, 1.54) is 14.2 Å². The molecule has 7 heteroatoms. The molecule has 0 radical (unpaired) electrons. The van der Waals surface area contributed by atoms with Gasteiger partial charge in [-0.1, -0.05) is 11.6 Å². The summed E-state index contributed by atoms with van der Waals surface area (Å²) in [6.45, 7) is -0.408. The first-order valence-electron chi connectivity index (χ1n) is 6.98. The van der Waals surface area contributed by atoms with Crippen LogP contribution < -0.4 is 14.8 Å². The van der Waals surface area contributed by atoms with Gasteiger partial charge in [0.2, 0.25) is 0 Å². The number of carbonyl (C=O) groups excluding carboxylic acids is 2. The molecule has 0 heterocycles. The number of halogens is 1. The van der Waals surface area contributed by atoms with Crippen LogP contribution in [0.15, 0.2) is 42.5 Å². The van der Waals surface area contributed by atoms with Crippen LogP contribution in [-0.4, -0.2) is 32.7 Å². The molecule has 24 heavy (non-hydrogen) atoms. The molecule has 6 nitrogen and oxygen atoms in total. The predicted molar refractivity (Wildman–Crippen MR) is 89.9 cm³/mol. The zero-order valence-electron chi connectivity index (χ0n) is 13.2. The van der Waals surface area contributed by atoms with Crippen molar-refractivity contribution in [2.24, 2.45) is 0 Å². The molecule has 0 aromatic heterocycles. The van der Waals surface area contributed by atoms with Gasteiger partial charge in [0.1, 0.15) is 11.5 Å². The standard InChI is InChI=1S/C17H16ClNO5/c1-22-13-6-3-11(4-7-13)17(21)24-10-16(20)19-12-5-8-15(23-2)14(18)9-12/h3-9H,10H2,1-2H3,(H,19,20). The van der Waals surface area contributed by atoms with Gasteiger partial charge < -0.3 is 19.5 Å². The number of nitrogens with one attached hydrogen (secondary N) is 1. The first-order chi connectivity index (χ1) is 11.5. The highest BCUT2D eigenvalue weighted by Crippen LogP contribution is 2.27. The summed E-state index contributed by atoms with van der Waals surface area (Å²) in [6, 6.07) is 11.2. The smallest absolute Gasteiger partial charge is 0.338 e. The Morgan fingerprint density at radius 3 is 2.33 bits per heavy atom. The predicted octanol–water partition coefficient (Wildman–Crippen LogP) is 3.15. The number of methoxy groups -OCH3 is 2. The normalized spacial score (nSPS) is 9.96. The van der Waals surface area contributed by atoms with Gasteiger partial charge in [-0.05, 0) is 42.5 Å². The second kappa shape index (κ2) is 8.21. The Kier molecular flexibility index (Phi) is 6.03. The SMILES string of the molecule is COc1ccc(C(=O)OCC(=O)Nc2ccc(OC)c(Cl)c2)cc1. The highest BCUT2D eigenvalue weighted by atomic mass is 35.5. The van der Waals surface area contributed by atoms with E-state index in [1.54, 1.807) is 42.5 Å². The van der Waals surface area contributed by atoms with Crippen LogP contribution in [0.25, 0.3) is 0 Å². The summed E-state index contributed by atoms with van der Waals surface area (Å²) < 4.78 is 15.0. The quantitative estimate of drug-likeness (QED) is 0.811. The lowest BCUT2D eigenvalue weighted by Crippen LogP contribution is -2.20. The lowest BCUT2D eigenvalue weighted by molar-refractivity contribution is -0.119. The van der Waals surface area contributed by atoms with E-state index in [-0.39, 0.29) is 0 Å². The second-order valence-corrected chi connectivity index (χ2v) is 5.11. The molecule has 1 amide bonds. The third kappa shape index (κ3) is 4.63. The summed E-state index contributed by atoms with van der Waals surface area (Å²) in [5.74, 6) is 0.0555. The molecular weight excluding hydrogens is 334 g/mol. The Hall–Kier alpha value is -2.73. The van der Waals surface area contributed by atoms with Crippen molar-refractivity contribution in [3.05, 3.63) is 53.1 Å². The zero-order chi connectivity index (χ0) is 17.5. The highest BCUT2D eigenvalue weighted by Gasteiger charge is 2.11. The van der Waals surface area contributed by atoms with Gasteiger partial charge in [-0.15, -0.1) is 0 Å². The van der Waals surface area contributed by atoms with E-state index in [0.717, 1.165) is 0 Å². The molecule has 0 saturated carbocycles. The molecule has 2 aromatic rings. The van der Waals surface area contributed by atoms with Gasteiger partial charge in [0.15, 0.2) is 6.61 Å². The molecular formula is C17H16ClNO5. The second-order valence-electron chi connectivity index (χ2n) is 4.70. The van der Waals surface area contributed by atoms with E-state index < -0.39 is 18.5 Å². The summed E-state index contributed by atoms with van der Waals surface area (Å²) in [6.07, 6.45) is 0. The number of amides is 1. The molecule has 0 spiro atoms. The largest absolute Gasteiger partial charge is 0.497 e. The van der Waals surface area contributed by atoms with Crippen LogP contribution in [0.3, 0.4) is 0 Å². The van der Waals surface area contributed by atoms with Crippen LogP contribution in [0.2, 0.25) is 5.02 Å². The highest BCUT2D eigenvalue weighted by molar-refractivity contribution is 6.32. The van der Waals surface area contributed by atoms with Crippen LogP contribution in [0, 0.1) is 0 Å². The van der Waals surface area contributed by atoms with Gasteiger partial charge in [0.25, 0.3) is 5.91 Å². The van der Waals surface area contributed by atoms with Gasteiger partial charge in [0, 0.05) is 5.69 Å². The van der Waals surface area contributed by atoms with Crippen LogP contribution in [0.4, 0.5) is 5.69 Å². The van der Waals surface area contributed by atoms with Crippen LogP contribution in [-0.2, 0) is 9.53 Å². The topological polar surface area (TPSA) is 73.9 Å². The fourth-order valence-electron chi connectivity index (χ4n) is 1.88. The molecule has 0 aliphatic rings. The van der Waals surface area contributed by atoms with E-state index in [2.05, 4.69) is 5.32 Å². The number of carbonyl (C=O) groups is 2. The van der Waals surface area contributed by atoms with Gasteiger partial charge in [0.05, 0.1) is 24.8 Å². The maximum atomic E-state index is 11.9. The first kappa shape index (κ1) is 17.6. The van der Waals surface area contributed by atoms with Crippen LogP contribution >= 0.6 is 11.6 Å². The number of benzene rings is 2. The minimum Gasteiger partial charge on any atom is -0.497 e. The van der Waals surface area contributed by atoms with Crippen molar-refractivity contribution in [1.29, 1.82) is 0 Å². The monoisotopic (exact) mass is 349 g/mol. The first-order valence-corrected chi connectivity index (χ1v) is 7.36. The summed E-state index contributed by atoms with van der Waals surface area (Å²) in [4.78, 5) is 23.7. The minimum atomic E-state index is -0.597. The van der Waals surface area contributed by atoms with Gasteiger partial charge >= 0.3 is 5.97 Å². The summed E-state index contributed by atoms with van der Waals surface area (Å²) in [5.41, 5.74) is 0.808. The van der Waals surface area contributed by atoms with Gasteiger partial charge in [-0.25, -0.2) is 4.79 Å². The van der Waals surface area contributed by atoms with Crippen LogP contribution in [0.5, 0.6) is 11.5 Å². The third-order valence-electron chi connectivity index (χ3n) is 3.10. The Morgan fingerprint density at radius 1 is 1.04 bits per heavy atom. The molecule has 1 N–H and O–H groups in total. The number of hydrogen-bond acceptors (Lipinski definition) is 5. The van der Waals surface area contributed by atoms with Crippen molar-refractivity contribution in [3.8, 4) is 11.5 Å². The maximum Gasteiger partial charge on any atom is 0.338 e. The molecule has 2 rings (SSSR count). The summed E-state index contributed by atoms with van der Waals surface area (Å²) in [5, 5.41) is 2.95. The molecule has 0 bridgehead atoms. The third-order valence-corrected chi connectivity index (χ3v) is 3.39. The van der Waals surface area contributed by atoms with Crippen LogP contribution in [0.1, 0.15) is 10.4 Å². The average molecular weight is 350 g/mol. The van der Waals surface area contributed by atoms with Crippen molar-refractivity contribution in [3.63, 3.8) is 0 Å². The van der Waals surface area contributed by atoms with Gasteiger partial charge in [-0.3, -0.25) is 4.79 Å². The molecule has 2 aromatic carbocycles. The lowest BCUT2D eigenvalue weighted by Gasteiger charge is -2.09. The number of anilines is 1. The Labute approximate surface area is 144 Å². The zero-order valence-corrected chi connectivity index (χ0v) is 13.9. The van der Waals surface area contributed by atoms with Crippen molar-refractivity contribution in [2.45, 2.75) is 0 Å². The summed E-state index contributed by atoms with van der Waals surface area (Å²) >= 11 is 5.97. The van der Waals surface area contributed by atoms with Crippen molar-refractivity contribution in [1.82, 2.24) is 0 Å². The fourth-order valence-corrected chi connectivity index (χ4v) is 2.14. The average Bonchev–Trinajstić information content (AvgIpc) is 2.60. The van der Waals surface area contributed by atoms with Gasteiger partial charge in [-0.2, -0.15) is 0 Å². The number of hydrogen-bond donors (Lipinski definition) is 1. The van der Waals surface area contributed by atoms with E-state index in [0.29, 0.717) is 27.8 Å². The van der Waals surface area contributed by atoms with E-state index in [1.807, 2.05) is 0 Å². The van der Waals surface area contributed by atoms with E-state index >= 15 is 0 Å². The molecule has 0 aliphatic carbocycles. The molecule has 0 atom stereocenters. The lowest BCUT2D eigenvalue weighted by atomic mass is 10.2. The number of rotatable bonds is 6. The van der Waals surface area contributed by atoms with Crippen molar-refractivity contribution < 1.29 is 23.8 Å². The molecule has 0 aliphatic heterocycles. The summed E-state index contributed by atoms with van der Waals surface area (Å²) in [7, 11) is 3.03. The van der Waals surface area contributed by atoms with Crippen molar-refractivity contribution in [2.75, 3.05) is 26.1 Å². The fraction of sp³-hybridized carbons (Fsp3) is 0.176. The molecule has 0 fully saturated rings. The Bertz CT molecular complexity index is 730. The number of esters is 1. The maximum absolute atomic E-state index is 11.9. The van der Waals surface area contributed by atoms with Crippen molar-refractivity contribution >= 4 is 29.2 Å². The number of ether oxygens (including phenoxy) is 3. The molecule has 0 unspecified atom stereocenters. The van der Waals surface area contributed by atoms with E-state index in [4.69, 9.17) is 25.8 Å². The molecule has 0 saturated heterocycles. The Morgan fingerprint density at radius 2 is 1.75 bits per heavy atom. The molecule has 126 valence electrons. The Balaban J connectivity index is 1.88. The minimum absolute atomic E-state index is 0.330. The van der Waals surface area contributed by atoms with E-state index in [9.17, 15) is 9.59 Å².